The van der Waals surface area contributed by atoms with E-state index in [9.17, 15) is 33.9 Å². The minimum absolute atomic E-state index is 0.0394. The molecule has 5 amide bonds. The van der Waals surface area contributed by atoms with E-state index in [2.05, 4.69) is 21.3 Å². The number of amides is 5. The van der Waals surface area contributed by atoms with Gasteiger partial charge in [0.25, 0.3) is 5.91 Å². The predicted octanol–water partition coefficient (Wildman–Crippen LogP) is 3.83. The Balaban J connectivity index is 1.35. The average molecular weight is 802 g/mol. The van der Waals surface area contributed by atoms with E-state index in [-0.39, 0.29) is 19.3 Å². The molecule has 3 atom stereocenters. The maximum Gasteiger partial charge on any atom is 0.322 e. The lowest BCUT2D eigenvalue weighted by molar-refractivity contribution is -0.138. The monoisotopic (exact) mass is 801 g/mol. The summed E-state index contributed by atoms with van der Waals surface area (Å²) in [6, 6.07) is 31.0. The van der Waals surface area contributed by atoms with Crippen molar-refractivity contribution >= 4 is 52.5 Å². The number of hydrogen-bond donors (Lipinski definition) is 5. The van der Waals surface area contributed by atoms with Crippen LogP contribution >= 0.6 is 11.3 Å². The highest BCUT2D eigenvalue weighted by Crippen LogP contribution is 2.25. The van der Waals surface area contributed by atoms with Crippen LogP contribution in [0.25, 0.3) is 11.1 Å². The van der Waals surface area contributed by atoms with Crippen LogP contribution < -0.4 is 30.9 Å². The molecule has 0 aliphatic carbocycles. The Bertz CT molecular complexity index is 2230. The highest BCUT2D eigenvalue weighted by atomic mass is 32.1. The van der Waals surface area contributed by atoms with Crippen LogP contribution in [-0.4, -0.2) is 78.4 Å². The van der Waals surface area contributed by atoms with E-state index in [1.165, 1.54) is 16.2 Å². The molecule has 0 saturated heterocycles. The van der Waals surface area contributed by atoms with Crippen LogP contribution in [0.5, 0.6) is 5.75 Å². The van der Waals surface area contributed by atoms with Gasteiger partial charge in [-0.2, -0.15) is 0 Å². The first-order valence-corrected chi connectivity index (χ1v) is 19.5. The summed E-state index contributed by atoms with van der Waals surface area (Å²) in [6.07, 6.45) is 0.154. The molecule has 13 nitrogen and oxygen atoms in total. The fraction of sp³-hybridized carbons (Fsp3) is 0.227. The number of nitrogens with zero attached hydrogens (tertiary/aromatic N) is 1. The molecule has 0 unspecified atom stereocenters. The maximum atomic E-state index is 14.4. The summed E-state index contributed by atoms with van der Waals surface area (Å²) in [6.45, 7) is 0.0980. The number of para-hydroxylation sites is 1. The molecule has 0 radical (unpaired) electrons. The van der Waals surface area contributed by atoms with Gasteiger partial charge in [0.1, 0.15) is 30.4 Å². The third kappa shape index (κ3) is 10.9. The quantitative estimate of drug-likeness (QED) is 0.139. The van der Waals surface area contributed by atoms with Gasteiger partial charge in [-0.1, -0.05) is 91.0 Å². The molecule has 14 heteroatoms. The van der Waals surface area contributed by atoms with E-state index in [0.717, 1.165) is 21.6 Å². The number of carboxylic acid groups (broad SMARTS) is 1. The number of carbonyl (C=O) groups excluding carboxylic acids is 5. The Kier molecular flexibility index (Phi) is 13.6. The summed E-state index contributed by atoms with van der Waals surface area (Å²) in [5, 5.41) is 21.9. The van der Waals surface area contributed by atoms with Crippen molar-refractivity contribution in [2.24, 2.45) is 0 Å². The van der Waals surface area contributed by atoms with Crippen LogP contribution in [-0.2, 0) is 48.0 Å². The van der Waals surface area contributed by atoms with Gasteiger partial charge in [0.15, 0.2) is 6.61 Å². The maximum absolute atomic E-state index is 14.4. The van der Waals surface area contributed by atoms with Crippen molar-refractivity contribution in [3.63, 3.8) is 0 Å². The fourth-order valence-corrected chi connectivity index (χ4v) is 7.36. The number of aryl methyl sites for hydroxylation is 1. The largest absolute Gasteiger partial charge is 0.484 e. The Morgan fingerprint density at radius 1 is 0.793 bits per heavy atom. The minimum Gasteiger partial charge on any atom is -0.484 e. The predicted molar refractivity (Wildman–Crippen MR) is 219 cm³/mol. The van der Waals surface area contributed by atoms with Crippen LogP contribution in [0, 0.1) is 6.92 Å². The lowest BCUT2D eigenvalue weighted by atomic mass is 9.99. The van der Waals surface area contributed by atoms with Crippen LogP contribution in [0.4, 0.5) is 5.69 Å². The molecule has 1 aromatic heterocycles. The molecule has 0 saturated carbocycles. The number of aliphatic carboxylic acids is 1. The summed E-state index contributed by atoms with van der Waals surface area (Å²) < 4.78 is 5.76. The number of anilines is 1. The van der Waals surface area contributed by atoms with Crippen molar-refractivity contribution in [1.82, 2.24) is 21.3 Å². The number of nitrogens with one attached hydrogen (secondary N) is 4. The number of carbonyl (C=O) groups is 6. The van der Waals surface area contributed by atoms with Gasteiger partial charge in [-0.3, -0.25) is 33.7 Å². The zero-order valence-corrected chi connectivity index (χ0v) is 32.5. The van der Waals surface area contributed by atoms with Gasteiger partial charge in [0.05, 0.1) is 6.54 Å². The third-order valence-corrected chi connectivity index (χ3v) is 10.5. The number of fused-ring (bicyclic) bond motifs is 16. The first-order chi connectivity index (χ1) is 28.0. The zero-order chi connectivity index (χ0) is 41.0. The van der Waals surface area contributed by atoms with Crippen molar-refractivity contribution in [1.29, 1.82) is 0 Å². The Labute approximate surface area is 339 Å². The fourth-order valence-electron chi connectivity index (χ4n) is 6.61. The normalized spacial score (nSPS) is 18.1. The summed E-state index contributed by atoms with van der Waals surface area (Å²) in [5.74, 6) is -4.17. The standard InChI is InChI=1S/C44H43N5O8S/c1-28-8-5-6-12-37(28)49-38(44(56)46-26-41(52)53)23-30-15-19-33(20-16-30)57-27-39(50)47-36(24-34-11-7-21-58-34)43(55)48-35(42(54)45-25-40(49)51)22-29-13-17-32(18-14-29)31-9-3-2-4-10-31/h2-21,35-36,38H,22-27H2,1H3,(H,45,54)(H,46,56)(H,47,50)(H,48,55)(H,52,53)/t35-,36+,38+/m1/s1. The van der Waals surface area contributed by atoms with Gasteiger partial charge in [0.2, 0.25) is 23.6 Å². The van der Waals surface area contributed by atoms with E-state index in [1.807, 2.05) is 72.1 Å². The lowest BCUT2D eigenvalue weighted by Gasteiger charge is -2.32. The molecule has 0 spiro atoms. The highest BCUT2D eigenvalue weighted by Gasteiger charge is 2.34. The van der Waals surface area contributed by atoms with Gasteiger partial charge in [0, 0.05) is 29.8 Å². The summed E-state index contributed by atoms with van der Waals surface area (Å²) >= 11 is 1.42. The second-order valence-corrected chi connectivity index (χ2v) is 14.8. The number of carboxylic acids is 1. The number of rotatable bonds is 9. The molecule has 0 fully saturated rings. The van der Waals surface area contributed by atoms with Gasteiger partial charge < -0.3 is 31.1 Å². The van der Waals surface area contributed by atoms with E-state index in [0.29, 0.717) is 22.6 Å². The van der Waals surface area contributed by atoms with Gasteiger partial charge >= 0.3 is 5.97 Å². The second-order valence-electron chi connectivity index (χ2n) is 13.8. The zero-order valence-electron chi connectivity index (χ0n) is 31.7. The lowest BCUT2D eigenvalue weighted by Crippen LogP contribution is -2.57. The highest BCUT2D eigenvalue weighted by molar-refractivity contribution is 7.09. The van der Waals surface area contributed by atoms with Gasteiger partial charge in [-0.05, 0) is 64.4 Å². The summed E-state index contributed by atoms with van der Waals surface area (Å²) in [4.78, 5) is 83.2. The van der Waals surface area contributed by atoms with Crippen LogP contribution in [0.15, 0.2) is 121 Å². The molecule has 58 heavy (non-hydrogen) atoms. The van der Waals surface area contributed by atoms with Crippen LogP contribution in [0.1, 0.15) is 21.6 Å². The van der Waals surface area contributed by atoms with Crippen molar-refractivity contribution in [2.75, 3.05) is 24.6 Å². The van der Waals surface area contributed by atoms with Crippen LogP contribution in [0.3, 0.4) is 0 Å². The van der Waals surface area contributed by atoms with Crippen molar-refractivity contribution in [3.8, 4) is 16.9 Å². The number of benzene rings is 4. The average Bonchev–Trinajstić information content (AvgIpc) is 3.75. The number of hydrogen-bond acceptors (Lipinski definition) is 8. The van der Waals surface area contributed by atoms with Gasteiger partial charge in [-0.25, -0.2) is 0 Å². The van der Waals surface area contributed by atoms with Crippen molar-refractivity contribution in [2.45, 2.75) is 44.3 Å². The molecule has 7 rings (SSSR count). The first kappa shape index (κ1) is 40.9. The van der Waals surface area contributed by atoms with E-state index in [4.69, 9.17) is 4.74 Å². The molecule has 2 aliphatic heterocycles. The van der Waals surface area contributed by atoms with E-state index in [1.54, 1.807) is 55.5 Å². The molecule has 2 aliphatic rings. The Morgan fingerprint density at radius 3 is 2.17 bits per heavy atom. The SMILES string of the molecule is Cc1ccccc1N1C(=O)CNC(=O)[C@@H](Cc2ccc(-c3ccccc3)cc2)NC(=O)[C@H](Cc2cccs2)NC(=O)COc2ccc(cc2)C[C@H]1C(=O)NCC(=O)O. The topological polar surface area (TPSA) is 183 Å². The molecule has 3 heterocycles. The van der Waals surface area contributed by atoms with Crippen molar-refractivity contribution < 1.29 is 38.6 Å². The minimum atomic E-state index is -1.27. The first-order valence-electron chi connectivity index (χ1n) is 18.7. The van der Waals surface area contributed by atoms with Gasteiger partial charge in [-0.15, -0.1) is 11.3 Å². The molecule has 4 aromatic carbocycles. The number of ether oxygens (including phenoxy) is 1. The molecule has 2 bridgehead atoms. The van der Waals surface area contributed by atoms with Crippen LogP contribution in [0.2, 0.25) is 0 Å². The van der Waals surface area contributed by atoms with E-state index < -0.39 is 73.3 Å². The molecule has 298 valence electrons. The molecular weight excluding hydrogens is 759 g/mol. The summed E-state index contributed by atoms with van der Waals surface area (Å²) in [5.41, 5.74) is 4.32. The number of thiophene rings is 1. The molecule has 5 aromatic rings. The molecular formula is C44H43N5O8S. The third-order valence-electron chi connectivity index (χ3n) is 9.58. The second kappa shape index (κ2) is 19.4. The summed E-state index contributed by atoms with van der Waals surface area (Å²) in [7, 11) is 0. The van der Waals surface area contributed by atoms with E-state index >= 15 is 0 Å². The smallest absolute Gasteiger partial charge is 0.322 e. The Hall–Kier alpha value is -6.80. The Morgan fingerprint density at radius 2 is 1.48 bits per heavy atom. The molecule has 5 N–H and O–H groups in total. The van der Waals surface area contributed by atoms with Crippen molar-refractivity contribution in [3.05, 3.63) is 142 Å².